The van der Waals surface area contributed by atoms with Crippen LogP contribution in [0, 0.1) is 17.0 Å². The molecule has 0 bridgehead atoms. The van der Waals surface area contributed by atoms with E-state index in [2.05, 4.69) is 15.1 Å². The normalized spacial score (nSPS) is 24.1. The minimum atomic E-state index is -0.565. The number of aromatic amines is 1. The molecule has 158 valence electrons. The molecule has 2 heterocycles. The standard InChI is InChI=1S/C23H31F2N3O/c24-20-8-7-18(21(25)11-20)12-23(16-29)9-4-10-28(15-23)14-19-13-26-27-22(19)17-5-2-1-3-6-17/h7-8,11,13,17,29H,1-6,9-10,12,14-16H2,(H,26,27)/t23-/m0/s1. The summed E-state index contributed by atoms with van der Waals surface area (Å²) in [5.41, 5.74) is 2.60. The van der Waals surface area contributed by atoms with Crippen LogP contribution in [0.4, 0.5) is 8.78 Å². The number of aliphatic hydroxyl groups is 1. The first kappa shape index (κ1) is 20.5. The fraction of sp³-hybridized carbons (Fsp3) is 0.609. The van der Waals surface area contributed by atoms with Gasteiger partial charge in [0.05, 0.1) is 12.8 Å². The minimum absolute atomic E-state index is 0.00118. The van der Waals surface area contributed by atoms with E-state index in [4.69, 9.17) is 0 Å². The molecule has 1 atom stereocenters. The number of piperidine rings is 1. The molecule has 0 spiro atoms. The SMILES string of the molecule is OC[C@]1(Cc2ccc(F)cc2F)CCCN(Cc2cn[nH]c2C2CCCCC2)C1. The zero-order valence-corrected chi connectivity index (χ0v) is 17.0. The molecule has 1 aliphatic heterocycles. The second kappa shape index (κ2) is 8.92. The van der Waals surface area contributed by atoms with Crippen LogP contribution in [0.5, 0.6) is 0 Å². The first-order valence-electron chi connectivity index (χ1n) is 10.9. The van der Waals surface area contributed by atoms with Crippen molar-refractivity contribution in [2.45, 2.75) is 63.8 Å². The molecule has 1 saturated heterocycles. The highest BCUT2D eigenvalue weighted by Gasteiger charge is 2.36. The molecule has 6 heteroatoms. The Balaban J connectivity index is 1.47. The van der Waals surface area contributed by atoms with Crippen molar-refractivity contribution < 1.29 is 13.9 Å². The van der Waals surface area contributed by atoms with E-state index < -0.39 is 17.0 Å². The van der Waals surface area contributed by atoms with E-state index in [0.717, 1.165) is 32.0 Å². The predicted molar refractivity (Wildman–Crippen MR) is 109 cm³/mol. The summed E-state index contributed by atoms with van der Waals surface area (Å²) in [6.07, 6.45) is 10.5. The number of aliphatic hydroxyl groups excluding tert-OH is 1. The Morgan fingerprint density at radius 2 is 1.97 bits per heavy atom. The third-order valence-electron chi connectivity index (χ3n) is 6.82. The van der Waals surface area contributed by atoms with Gasteiger partial charge in [-0.25, -0.2) is 8.78 Å². The van der Waals surface area contributed by atoms with E-state index in [1.165, 1.54) is 55.5 Å². The van der Waals surface area contributed by atoms with Gasteiger partial charge >= 0.3 is 0 Å². The summed E-state index contributed by atoms with van der Waals surface area (Å²) < 4.78 is 27.5. The van der Waals surface area contributed by atoms with Crippen LogP contribution in [0.3, 0.4) is 0 Å². The zero-order chi connectivity index (χ0) is 20.3. The number of nitrogens with zero attached hydrogens (tertiary/aromatic N) is 2. The molecule has 2 N–H and O–H groups in total. The largest absolute Gasteiger partial charge is 0.396 e. The lowest BCUT2D eigenvalue weighted by Crippen LogP contribution is -2.46. The molecular formula is C23H31F2N3O. The highest BCUT2D eigenvalue weighted by molar-refractivity contribution is 5.22. The molecular weight excluding hydrogens is 372 g/mol. The van der Waals surface area contributed by atoms with Crippen molar-refractivity contribution in [1.82, 2.24) is 15.1 Å². The van der Waals surface area contributed by atoms with Crippen LogP contribution in [-0.4, -0.2) is 39.9 Å². The number of aromatic nitrogens is 2. The Labute approximate surface area is 171 Å². The Kier molecular flexibility index (Phi) is 6.30. The third-order valence-corrected chi connectivity index (χ3v) is 6.82. The van der Waals surface area contributed by atoms with Gasteiger partial charge in [0.25, 0.3) is 0 Å². The molecule has 2 aromatic rings. The maximum Gasteiger partial charge on any atom is 0.129 e. The average molecular weight is 404 g/mol. The lowest BCUT2D eigenvalue weighted by molar-refractivity contribution is 0.0281. The number of hydrogen-bond acceptors (Lipinski definition) is 3. The molecule has 4 rings (SSSR count). The maximum atomic E-state index is 14.2. The summed E-state index contributed by atoms with van der Waals surface area (Å²) in [6, 6.07) is 3.74. The number of benzene rings is 1. The second-order valence-electron chi connectivity index (χ2n) is 9.03. The van der Waals surface area contributed by atoms with Crippen molar-refractivity contribution in [1.29, 1.82) is 0 Å². The summed E-state index contributed by atoms with van der Waals surface area (Å²) in [4.78, 5) is 2.36. The van der Waals surface area contributed by atoms with Crippen LogP contribution < -0.4 is 0 Å². The van der Waals surface area contributed by atoms with Crippen LogP contribution in [0.15, 0.2) is 24.4 Å². The topological polar surface area (TPSA) is 52.1 Å². The van der Waals surface area contributed by atoms with Crippen LogP contribution >= 0.6 is 0 Å². The van der Waals surface area contributed by atoms with E-state index in [9.17, 15) is 13.9 Å². The van der Waals surface area contributed by atoms with Gasteiger partial charge in [0.15, 0.2) is 0 Å². The number of nitrogens with one attached hydrogen (secondary N) is 1. The molecule has 1 aromatic heterocycles. The zero-order valence-electron chi connectivity index (χ0n) is 17.0. The van der Waals surface area contributed by atoms with Gasteiger partial charge in [0.1, 0.15) is 11.6 Å². The van der Waals surface area contributed by atoms with E-state index >= 15 is 0 Å². The number of rotatable bonds is 6. The van der Waals surface area contributed by atoms with Gasteiger partial charge in [-0.1, -0.05) is 25.3 Å². The highest BCUT2D eigenvalue weighted by Crippen LogP contribution is 2.37. The number of hydrogen-bond donors (Lipinski definition) is 2. The number of halogens is 2. The lowest BCUT2D eigenvalue weighted by Gasteiger charge is -2.42. The van der Waals surface area contributed by atoms with Gasteiger partial charge in [-0.05, 0) is 50.3 Å². The van der Waals surface area contributed by atoms with Crippen LogP contribution in [0.25, 0.3) is 0 Å². The fourth-order valence-electron chi connectivity index (χ4n) is 5.28. The third kappa shape index (κ3) is 4.69. The molecule has 1 aromatic carbocycles. The van der Waals surface area contributed by atoms with Crippen LogP contribution in [-0.2, 0) is 13.0 Å². The lowest BCUT2D eigenvalue weighted by atomic mass is 9.75. The monoisotopic (exact) mass is 403 g/mol. The van der Waals surface area contributed by atoms with Gasteiger partial charge < -0.3 is 5.11 Å². The van der Waals surface area contributed by atoms with Gasteiger partial charge in [0.2, 0.25) is 0 Å². The van der Waals surface area contributed by atoms with Crippen molar-refractivity contribution in [2.24, 2.45) is 5.41 Å². The molecule has 2 aliphatic rings. The quantitative estimate of drug-likeness (QED) is 0.744. The Bertz CT molecular complexity index is 818. The average Bonchev–Trinajstić information content (AvgIpc) is 3.19. The first-order valence-corrected chi connectivity index (χ1v) is 10.9. The number of H-pyrrole nitrogens is 1. The molecule has 0 unspecified atom stereocenters. The van der Waals surface area contributed by atoms with Crippen molar-refractivity contribution in [2.75, 3.05) is 19.7 Å². The molecule has 4 nitrogen and oxygen atoms in total. The second-order valence-corrected chi connectivity index (χ2v) is 9.03. The summed E-state index contributed by atoms with van der Waals surface area (Å²) in [7, 11) is 0. The molecule has 29 heavy (non-hydrogen) atoms. The van der Waals surface area contributed by atoms with Crippen molar-refractivity contribution in [3.63, 3.8) is 0 Å². The fourth-order valence-corrected chi connectivity index (χ4v) is 5.28. The Hall–Kier alpha value is -1.79. The van der Waals surface area contributed by atoms with Crippen molar-refractivity contribution >= 4 is 0 Å². The van der Waals surface area contributed by atoms with Gasteiger partial charge in [-0.2, -0.15) is 5.10 Å². The van der Waals surface area contributed by atoms with E-state index in [0.29, 0.717) is 24.4 Å². The first-order chi connectivity index (χ1) is 14.1. The summed E-state index contributed by atoms with van der Waals surface area (Å²) in [6.45, 7) is 2.47. The molecule has 0 radical (unpaired) electrons. The van der Waals surface area contributed by atoms with E-state index in [1.807, 2.05) is 6.20 Å². The highest BCUT2D eigenvalue weighted by atomic mass is 19.1. The van der Waals surface area contributed by atoms with E-state index in [-0.39, 0.29) is 6.61 Å². The maximum absolute atomic E-state index is 14.2. The van der Waals surface area contributed by atoms with E-state index in [1.54, 1.807) is 0 Å². The Morgan fingerprint density at radius 1 is 1.14 bits per heavy atom. The van der Waals surface area contributed by atoms with Crippen LogP contribution in [0.1, 0.15) is 67.7 Å². The van der Waals surface area contributed by atoms with Gasteiger partial charge in [-0.15, -0.1) is 0 Å². The van der Waals surface area contributed by atoms with Crippen LogP contribution in [0.2, 0.25) is 0 Å². The molecule has 1 aliphatic carbocycles. The Morgan fingerprint density at radius 3 is 2.72 bits per heavy atom. The van der Waals surface area contributed by atoms with Crippen molar-refractivity contribution in [3.8, 4) is 0 Å². The predicted octanol–water partition coefficient (Wildman–Crippen LogP) is 4.55. The summed E-state index contributed by atoms with van der Waals surface area (Å²) in [5, 5.41) is 17.8. The molecule has 2 fully saturated rings. The summed E-state index contributed by atoms with van der Waals surface area (Å²) in [5.74, 6) is -0.518. The van der Waals surface area contributed by atoms with Crippen molar-refractivity contribution in [3.05, 3.63) is 52.9 Å². The molecule has 1 saturated carbocycles. The smallest absolute Gasteiger partial charge is 0.129 e. The minimum Gasteiger partial charge on any atom is -0.396 e. The molecule has 0 amide bonds. The van der Waals surface area contributed by atoms with Gasteiger partial charge in [-0.3, -0.25) is 10.00 Å². The van der Waals surface area contributed by atoms with Gasteiger partial charge in [0, 0.05) is 41.7 Å². The number of likely N-dealkylation sites (tertiary alicyclic amines) is 1. The summed E-state index contributed by atoms with van der Waals surface area (Å²) >= 11 is 0.